The number of nitrogens with zero attached hydrogens (tertiary/aromatic N) is 1. The fourth-order valence-corrected chi connectivity index (χ4v) is 2.54. The molecule has 1 heterocycles. The van der Waals surface area contributed by atoms with Gasteiger partial charge in [-0.25, -0.2) is 9.18 Å². The van der Waals surface area contributed by atoms with Gasteiger partial charge in [0, 0.05) is 6.54 Å². The number of carboxylic acids is 1. The molecule has 1 aliphatic rings. The predicted octanol–water partition coefficient (Wildman–Crippen LogP) is 1.73. The van der Waals surface area contributed by atoms with Crippen molar-refractivity contribution < 1.29 is 19.4 Å². The lowest BCUT2D eigenvalue weighted by Crippen LogP contribution is -2.36. The molecule has 0 bridgehead atoms. The molecule has 0 aliphatic carbocycles. The molecule has 1 aromatic carbocycles. The van der Waals surface area contributed by atoms with Crippen molar-refractivity contribution in [2.24, 2.45) is 5.92 Å². The minimum atomic E-state index is -1.15. The number of carboxylic acid groups (broad SMARTS) is 1. The number of aliphatic hydroxyl groups is 1. The van der Waals surface area contributed by atoms with Crippen LogP contribution in [-0.2, 0) is 0 Å². The second-order valence-corrected chi connectivity index (χ2v) is 4.65. The molecule has 98 valence electrons. The van der Waals surface area contributed by atoms with Gasteiger partial charge in [0.05, 0.1) is 23.9 Å². The van der Waals surface area contributed by atoms with Gasteiger partial charge in [-0.2, -0.15) is 0 Å². The van der Waals surface area contributed by atoms with Gasteiger partial charge >= 0.3 is 5.97 Å². The Morgan fingerprint density at radius 2 is 2.28 bits per heavy atom. The molecule has 0 aromatic heterocycles. The molecule has 0 spiro atoms. The Kier molecular flexibility index (Phi) is 3.52. The summed E-state index contributed by atoms with van der Waals surface area (Å²) in [6.07, 6.45) is 0.818. The highest BCUT2D eigenvalue weighted by molar-refractivity contribution is 5.94. The Hall–Kier alpha value is -1.62. The van der Waals surface area contributed by atoms with Gasteiger partial charge in [-0.15, -0.1) is 0 Å². The van der Waals surface area contributed by atoms with Crippen LogP contribution in [0.15, 0.2) is 18.2 Å². The summed E-state index contributed by atoms with van der Waals surface area (Å²) in [5.74, 6) is -1.49. The first-order valence-corrected chi connectivity index (χ1v) is 5.95. The summed E-state index contributed by atoms with van der Waals surface area (Å²) in [4.78, 5) is 12.8. The Morgan fingerprint density at radius 1 is 1.56 bits per heavy atom. The lowest BCUT2D eigenvalue weighted by molar-refractivity contribution is 0.0696. The molecule has 2 atom stereocenters. The fourth-order valence-electron chi connectivity index (χ4n) is 2.54. The average Bonchev–Trinajstić information content (AvgIpc) is 2.69. The Morgan fingerprint density at radius 3 is 2.89 bits per heavy atom. The summed E-state index contributed by atoms with van der Waals surface area (Å²) in [5.41, 5.74) is 0.0379. The molecular formula is C13H16FNO3. The highest BCUT2D eigenvalue weighted by Crippen LogP contribution is 2.33. The van der Waals surface area contributed by atoms with Gasteiger partial charge in [-0.1, -0.05) is 13.0 Å². The van der Waals surface area contributed by atoms with Crippen LogP contribution in [0.3, 0.4) is 0 Å². The summed E-state index contributed by atoms with van der Waals surface area (Å²) in [6.45, 7) is 2.43. The third kappa shape index (κ3) is 2.06. The number of carbonyl (C=O) groups is 1. The van der Waals surface area contributed by atoms with E-state index < -0.39 is 11.8 Å². The van der Waals surface area contributed by atoms with Gasteiger partial charge in [0.1, 0.15) is 5.82 Å². The van der Waals surface area contributed by atoms with Gasteiger partial charge in [0.25, 0.3) is 0 Å². The molecule has 18 heavy (non-hydrogen) atoms. The van der Waals surface area contributed by atoms with Crippen LogP contribution in [0.5, 0.6) is 0 Å². The number of anilines is 1. The van der Waals surface area contributed by atoms with Crippen molar-refractivity contribution in [3.63, 3.8) is 0 Å². The van der Waals surface area contributed by atoms with Crippen LogP contribution < -0.4 is 4.90 Å². The number of halogens is 1. The van der Waals surface area contributed by atoms with Crippen LogP contribution in [-0.4, -0.2) is 35.4 Å². The van der Waals surface area contributed by atoms with Crippen molar-refractivity contribution in [3.8, 4) is 0 Å². The van der Waals surface area contributed by atoms with E-state index in [1.54, 1.807) is 4.90 Å². The van der Waals surface area contributed by atoms with Crippen LogP contribution in [0.1, 0.15) is 23.7 Å². The third-order valence-electron chi connectivity index (χ3n) is 3.57. The van der Waals surface area contributed by atoms with Crippen molar-refractivity contribution in [1.82, 2.24) is 0 Å². The van der Waals surface area contributed by atoms with Crippen LogP contribution in [0.25, 0.3) is 0 Å². The number of aromatic carboxylic acids is 1. The number of hydrogen-bond acceptors (Lipinski definition) is 3. The fraction of sp³-hybridized carbons (Fsp3) is 0.462. The first kappa shape index (κ1) is 12.8. The molecule has 4 nitrogen and oxygen atoms in total. The van der Waals surface area contributed by atoms with Gasteiger partial charge in [0.2, 0.25) is 0 Å². The third-order valence-corrected chi connectivity index (χ3v) is 3.57. The number of hydrogen-bond donors (Lipinski definition) is 2. The van der Waals surface area contributed by atoms with Crippen molar-refractivity contribution in [3.05, 3.63) is 29.6 Å². The monoisotopic (exact) mass is 253 g/mol. The molecule has 1 saturated heterocycles. The standard InChI is InChI=1S/C13H16FNO3/c1-8-5-6-15(11(8)7-16)12-9(13(17)18)3-2-4-10(12)14/h2-4,8,11,16H,5-7H2,1H3,(H,17,18). The highest BCUT2D eigenvalue weighted by atomic mass is 19.1. The van der Waals surface area contributed by atoms with E-state index >= 15 is 0 Å². The van der Waals surface area contributed by atoms with Gasteiger partial charge in [-0.3, -0.25) is 0 Å². The molecule has 2 N–H and O–H groups in total. The second-order valence-electron chi connectivity index (χ2n) is 4.65. The Labute approximate surface area is 105 Å². The van der Waals surface area contributed by atoms with Gasteiger partial charge in [-0.05, 0) is 24.5 Å². The van der Waals surface area contributed by atoms with E-state index in [2.05, 4.69) is 0 Å². The largest absolute Gasteiger partial charge is 0.478 e. The normalized spacial score (nSPS) is 23.4. The highest BCUT2D eigenvalue weighted by Gasteiger charge is 2.34. The minimum Gasteiger partial charge on any atom is -0.478 e. The van der Waals surface area contributed by atoms with Crippen LogP contribution >= 0.6 is 0 Å². The molecule has 1 aromatic rings. The molecule has 0 radical (unpaired) electrons. The van der Waals surface area contributed by atoms with E-state index in [4.69, 9.17) is 5.11 Å². The van der Waals surface area contributed by atoms with Crippen molar-refractivity contribution in [2.75, 3.05) is 18.1 Å². The molecule has 5 heteroatoms. The zero-order chi connectivity index (χ0) is 13.3. The maximum Gasteiger partial charge on any atom is 0.337 e. The first-order valence-electron chi connectivity index (χ1n) is 5.95. The second kappa shape index (κ2) is 4.94. The van der Waals surface area contributed by atoms with Gasteiger partial charge in [0.15, 0.2) is 0 Å². The van der Waals surface area contributed by atoms with E-state index in [1.165, 1.54) is 18.2 Å². The summed E-state index contributed by atoms with van der Waals surface area (Å²) in [6, 6.07) is 3.80. The number of benzene rings is 1. The zero-order valence-corrected chi connectivity index (χ0v) is 10.1. The molecule has 2 rings (SSSR count). The zero-order valence-electron chi connectivity index (χ0n) is 10.1. The lowest BCUT2D eigenvalue weighted by Gasteiger charge is -2.28. The van der Waals surface area contributed by atoms with Crippen LogP contribution in [0, 0.1) is 11.7 Å². The maximum atomic E-state index is 13.9. The SMILES string of the molecule is CC1CCN(c2c(F)cccc2C(=O)O)C1CO. The first-order chi connectivity index (χ1) is 8.56. The lowest BCUT2D eigenvalue weighted by atomic mass is 10.0. The number of rotatable bonds is 3. The smallest absolute Gasteiger partial charge is 0.337 e. The average molecular weight is 253 g/mol. The van der Waals surface area contributed by atoms with Crippen molar-refractivity contribution in [1.29, 1.82) is 0 Å². The molecule has 0 amide bonds. The van der Waals surface area contributed by atoms with E-state index in [-0.39, 0.29) is 29.8 Å². The number of aliphatic hydroxyl groups excluding tert-OH is 1. The summed E-state index contributed by atoms with van der Waals surface area (Å²) in [7, 11) is 0. The molecule has 2 unspecified atom stereocenters. The van der Waals surface area contributed by atoms with E-state index in [1.807, 2.05) is 6.92 Å². The summed E-state index contributed by atoms with van der Waals surface area (Å²) >= 11 is 0. The Bertz CT molecular complexity index is 464. The Balaban J connectivity index is 2.47. The summed E-state index contributed by atoms with van der Waals surface area (Å²) < 4.78 is 13.9. The number of para-hydroxylation sites is 1. The topological polar surface area (TPSA) is 60.8 Å². The molecule has 1 aliphatic heterocycles. The maximum absolute atomic E-state index is 13.9. The van der Waals surface area contributed by atoms with E-state index in [0.29, 0.717) is 6.54 Å². The van der Waals surface area contributed by atoms with E-state index in [9.17, 15) is 14.3 Å². The van der Waals surface area contributed by atoms with Crippen LogP contribution in [0.2, 0.25) is 0 Å². The predicted molar refractivity (Wildman–Crippen MR) is 65.4 cm³/mol. The van der Waals surface area contributed by atoms with Crippen LogP contribution in [0.4, 0.5) is 10.1 Å². The van der Waals surface area contributed by atoms with E-state index in [0.717, 1.165) is 6.42 Å². The molecule has 0 saturated carbocycles. The van der Waals surface area contributed by atoms with Gasteiger partial charge < -0.3 is 15.1 Å². The minimum absolute atomic E-state index is 0.0532. The summed E-state index contributed by atoms with van der Waals surface area (Å²) in [5, 5.41) is 18.5. The molecular weight excluding hydrogens is 237 g/mol. The molecule has 1 fully saturated rings. The quantitative estimate of drug-likeness (QED) is 0.861. The van der Waals surface area contributed by atoms with Crippen molar-refractivity contribution in [2.45, 2.75) is 19.4 Å². The van der Waals surface area contributed by atoms with Crippen molar-refractivity contribution >= 4 is 11.7 Å².